The second kappa shape index (κ2) is 7.30. The van der Waals surface area contributed by atoms with E-state index in [0.29, 0.717) is 5.75 Å². The van der Waals surface area contributed by atoms with Gasteiger partial charge in [0.2, 0.25) is 5.91 Å². The van der Waals surface area contributed by atoms with Gasteiger partial charge in [0.05, 0.1) is 5.75 Å². The Bertz CT molecular complexity index is 342. The van der Waals surface area contributed by atoms with Gasteiger partial charge in [-0.2, -0.15) is 11.8 Å². The Morgan fingerprint density at radius 3 is 3.00 bits per heavy atom. The van der Waals surface area contributed by atoms with Crippen molar-refractivity contribution >= 4 is 23.4 Å². The van der Waals surface area contributed by atoms with E-state index in [1.807, 2.05) is 30.5 Å². The Hall–Kier alpha value is -1.00. The summed E-state index contributed by atoms with van der Waals surface area (Å²) < 4.78 is 0. The number of benzene rings is 1. The fraction of sp³-hybridized carbons (Fsp3) is 0.417. The molecule has 88 valence electrons. The van der Waals surface area contributed by atoms with Gasteiger partial charge in [-0.05, 0) is 36.8 Å². The second-order valence-electron chi connectivity index (χ2n) is 3.51. The molecule has 1 rings (SSSR count). The summed E-state index contributed by atoms with van der Waals surface area (Å²) >= 11 is 1.50. The Morgan fingerprint density at radius 2 is 2.31 bits per heavy atom. The third-order valence-corrected chi connectivity index (χ3v) is 2.66. The average Bonchev–Trinajstić information content (AvgIpc) is 2.27. The van der Waals surface area contributed by atoms with E-state index in [2.05, 4.69) is 5.32 Å². The number of aryl methyl sites for hydroxylation is 1. The monoisotopic (exact) mass is 239 g/mol. The molecule has 0 saturated heterocycles. The normalized spacial score (nSPS) is 10.1. The van der Waals surface area contributed by atoms with Crippen LogP contribution in [0.2, 0.25) is 0 Å². The summed E-state index contributed by atoms with van der Waals surface area (Å²) in [5.74, 6) is 0.493. The number of aliphatic hydroxyl groups excluding tert-OH is 1. The van der Waals surface area contributed by atoms with Crippen LogP contribution in [-0.2, 0) is 11.2 Å². The van der Waals surface area contributed by atoms with Crippen molar-refractivity contribution in [2.24, 2.45) is 0 Å². The van der Waals surface area contributed by atoms with Crippen molar-refractivity contribution in [1.82, 2.24) is 0 Å². The lowest BCUT2D eigenvalue weighted by Crippen LogP contribution is -2.13. The first kappa shape index (κ1) is 13.1. The minimum atomic E-state index is 0.0202. The Balaban J connectivity index is 2.56. The third-order valence-electron chi connectivity index (χ3n) is 2.11. The van der Waals surface area contributed by atoms with Crippen LogP contribution in [0.3, 0.4) is 0 Å². The van der Waals surface area contributed by atoms with E-state index >= 15 is 0 Å². The topological polar surface area (TPSA) is 49.3 Å². The lowest BCUT2D eigenvalue weighted by Gasteiger charge is -2.06. The third kappa shape index (κ3) is 4.68. The first-order valence-electron chi connectivity index (χ1n) is 5.25. The summed E-state index contributed by atoms with van der Waals surface area (Å²) in [4.78, 5) is 11.4. The van der Waals surface area contributed by atoms with E-state index < -0.39 is 0 Å². The molecular formula is C12H17NO2S. The van der Waals surface area contributed by atoms with Crippen LogP contribution in [0.4, 0.5) is 5.69 Å². The summed E-state index contributed by atoms with van der Waals surface area (Å²) in [6.45, 7) is 0.197. The highest BCUT2D eigenvalue weighted by Gasteiger charge is 2.01. The van der Waals surface area contributed by atoms with Crippen molar-refractivity contribution < 1.29 is 9.90 Å². The van der Waals surface area contributed by atoms with E-state index in [0.717, 1.165) is 24.1 Å². The SMILES string of the molecule is CSCC(=O)Nc1cccc(CCCO)c1. The first-order chi connectivity index (χ1) is 7.76. The molecule has 0 fully saturated rings. The van der Waals surface area contributed by atoms with Crippen molar-refractivity contribution in [2.75, 3.05) is 23.9 Å². The van der Waals surface area contributed by atoms with E-state index in [4.69, 9.17) is 5.11 Å². The van der Waals surface area contributed by atoms with Crippen LogP contribution in [0.15, 0.2) is 24.3 Å². The minimum Gasteiger partial charge on any atom is -0.396 e. The lowest BCUT2D eigenvalue weighted by atomic mass is 10.1. The quantitative estimate of drug-likeness (QED) is 0.797. The molecule has 0 aliphatic carbocycles. The molecule has 0 spiro atoms. The molecule has 2 N–H and O–H groups in total. The van der Waals surface area contributed by atoms with Crippen LogP contribution in [0, 0.1) is 0 Å². The van der Waals surface area contributed by atoms with Gasteiger partial charge in [-0.25, -0.2) is 0 Å². The van der Waals surface area contributed by atoms with Crippen LogP contribution in [0.25, 0.3) is 0 Å². The number of amides is 1. The largest absolute Gasteiger partial charge is 0.396 e. The second-order valence-corrected chi connectivity index (χ2v) is 4.37. The highest BCUT2D eigenvalue weighted by Crippen LogP contribution is 2.12. The van der Waals surface area contributed by atoms with Crippen LogP contribution in [0.1, 0.15) is 12.0 Å². The summed E-state index contributed by atoms with van der Waals surface area (Å²) in [7, 11) is 0. The molecule has 0 saturated carbocycles. The predicted molar refractivity (Wildman–Crippen MR) is 68.9 cm³/mol. The maximum atomic E-state index is 11.4. The van der Waals surface area contributed by atoms with Gasteiger partial charge in [0, 0.05) is 12.3 Å². The zero-order chi connectivity index (χ0) is 11.8. The van der Waals surface area contributed by atoms with E-state index in [-0.39, 0.29) is 12.5 Å². The van der Waals surface area contributed by atoms with Gasteiger partial charge < -0.3 is 10.4 Å². The van der Waals surface area contributed by atoms with Crippen molar-refractivity contribution in [1.29, 1.82) is 0 Å². The van der Waals surface area contributed by atoms with Crippen molar-refractivity contribution in [3.63, 3.8) is 0 Å². The fourth-order valence-electron chi connectivity index (χ4n) is 1.42. The minimum absolute atomic E-state index is 0.0202. The van der Waals surface area contributed by atoms with Gasteiger partial charge in [0.25, 0.3) is 0 Å². The molecule has 1 aromatic rings. The molecule has 0 atom stereocenters. The average molecular weight is 239 g/mol. The van der Waals surface area contributed by atoms with Crippen LogP contribution in [-0.4, -0.2) is 29.6 Å². The summed E-state index contributed by atoms with van der Waals surface area (Å²) in [6.07, 6.45) is 3.49. The Labute approximate surface area is 100 Å². The standard InChI is InChI=1S/C12H17NO2S/c1-16-9-12(15)13-11-6-2-4-10(8-11)5-3-7-14/h2,4,6,8,14H,3,5,7,9H2,1H3,(H,13,15). The van der Waals surface area contributed by atoms with Gasteiger partial charge in [0.15, 0.2) is 0 Å². The molecule has 4 heteroatoms. The summed E-state index contributed by atoms with van der Waals surface area (Å²) in [5.41, 5.74) is 1.96. The molecule has 0 heterocycles. The molecule has 3 nitrogen and oxygen atoms in total. The van der Waals surface area contributed by atoms with Gasteiger partial charge in [-0.1, -0.05) is 12.1 Å². The Kier molecular flexibility index (Phi) is 5.96. The number of nitrogens with one attached hydrogen (secondary N) is 1. The highest BCUT2D eigenvalue weighted by atomic mass is 32.2. The number of aliphatic hydroxyl groups is 1. The molecule has 0 aliphatic heterocycles. The van der Waals surface area contributed by atoms with Crippen LogP contribution in [0.5, 0.6) is 0 Å². The molecule has 0 aliphatic rings. The van der Waals surface area contributed by atoms with E-state index in [1.54, 1.807) is 0 Å². The van der Waals surface area contributed by atoms with E-state index in [1.165, 1.54) is 11.8 Å². The number of carbonyl (C=O) groups is 1. The fourth-order valence-corrected chi connectivity index (χ4v) is 1.75. The van der Waals surface area contributed by atoms with Crippen LogP contribution < -0.4 is 5.32 Å². The van der Waals surface area contributed by atoms with Crippen molar-refractivity contribution in [2.45, 2.75) is 12.8 Å². The smallest absolute Gasteiger partial charge is 0.234 e. The van der Waals surface area contributed by atoms with Gasteiger partial charge >= 0.3 is 0 Å². The van der Waals surface area contributed by atoms with Gasteiger partial charge in [0.1, 0.15) is 0 Å². The predicted octanol–water partition coefficient (Wildman–Crippen LogP) is 1.91. The molecule has 0 bridgehead atoms. The lowest BCUT2D eigenvalue weighted by molar-refractivity contribution is -0.113. The zero-order valence-electron chi connectivity index (χ0n) is 9.40. The van der Waals surface area contributed by atoms with Crippen LogP contribution >= 0.6 is 11.8 Å². The van der Waals surface area contributed by atoms with Gasteiger partial charge in [-0.3, -0.25) is 4.79 Å². The molecular weight excluding hydrogens is 222 g/mol. The molecule has 0 aromatic heterocycles. The highest BCUT2D eigenvalue weighted by molar-refractivity contribution is 7.99. The number of thioether (sulfide) groups is 1. The number of hydrogen-bond acceptors (Lipinski definition) is 3. The zero-order valence-corrected chi connectivity index (χ0v) is 10.2. The maximum Gasteiger partial charge on any atom is 0.234 e. The number of carbonyl (C=O) groups excluding carboxylic acids is 1. The van der Waals surface area contributed by atoms with Crippen molar-refractivity contribution in [3.8, 4) is 0 Å². The first-order valence-corrected chi connectivity index (χ1v) is 6.64. The van der Waals surface area contributed by atoms with Gasteiger partial charge in [-0.15, -0.1) is 0 Å². The summed E-state index contributed by atoms with van der Waals surface area (Å²) in [6, 6.07) is 7.75. The number of anilines is 1. The molecule has 1 aromatic carbocycles. The Morgan fingerprint density at radius 1 is 1.50 bits per heavy atom. The summed E-state index contributed by atoms with van der Waals surface area (Å²) in [5, 5.41) is 11.6. The molecule has 0 radical (unpaired) electrons. The molecule has 0 unspecified atom stereocenters. The maximum absolute atomic E-state index is 11.4. The number of hydrogen-bond donors (Lipinski definition) is 2. The van der Waals surface area contributed by atoms with E-state index in [9.17, 15) is 4.79 Å². The van der Waals surface area contributed by atoms with Crippen molar-refractivity contribution in [3.05, 3.63) is 29.8 Å². The number of rotatable bonds is 6. The molecule has 16 heavy (non-hydrogen) atoms. The molecule has 1 amide bonds.